The molecule has 33 heavy (non-hydrogen) atoms. The predicted octanol–water partition coefficient (Wildman–Crippen LogP) is 2.78. The van der Waals surface area contributed by atoms with E-state index in [9.17, 15) is 19.2 Å². The van der Waals surface area contributed by atoms with Crippen molar-refractivity contribution in [1.29, 1.82) is 0 Å². The van der Waals surface area contributed by atoms with Crippen LogP contribution in [0.5, 0.6) is 0 Å². The summed E-state index contributed by atoms with van der Waals surface area (Å²) in [6.45, 7) is 5.50. The zero-order valence-electron chi connectivity index (χ0n) is 19.9. The number of nitrogens with one attached hydrogen (secondary N) is 2. The van der Waals surface area contributed by atoms with Crippen LogP contribution in [0.4, 0.5) is 0 Å². The minimum absolute atomic E-state index is 0.0643. The van der Waals surface area contributed by atoms with Crippen molar-refractivity contribution in [2.75, 3.05) is 12.4 Å². The highest BCUT2D eigenvalue weighted by molar-refractivity contribution is 6.28. The molecule has 7 nitrogen and oxygen atoms in total. The Morgan fingerprint density at radius 2 is 1.67 bits per heavy atom. The van der Waals surface area contributed by atoms with Crippen LogP contribution in [-0.4, -0.2) is 47.9 Å². The molecule has 0 radical (unpaired) electrons. The molecule has 184 valence electrons. The molecule has 0 aliphatic heterocycles. The third-order valence-corrected chi connectivity index (χ3v) is 5.86. The van der Waals surface area contributed by atoms with Crippen LogP contribution in [0.25, 0.3) is 0 Å². The van der Waals surface area contributed by atoms with Gasteiger partial charge in [-0.15, -0.1) is 11.6 Å². The van der Waals surface area contributed by atoms with Gasteiger partial charge in [-0.3, -0.25) is 19.2 Å². The van der Waals surface area contributed by atoms with Gasteiger partial charge >= 0.3 is 0 Å². The average Bonchev–Trinajstić information content (AvgIpc) is 2.81. The summed E-state index contributed by atoms with van der Waals surface area (Å²) < 4.78 is 0. The van der Waals surface area contributed by atoms with E-state index in [2.05, 4.69) is 17.6 Å². The number of rotatable bonds is 16. The number of carbonyl (C=O) groups is 4. The van der Waals surface area contributed by atoms with Crippen LogP contribution in [-0.2, 0) is 25.6 Å². The molecule has 0 aliphatic carbocycles. The third-order valence-electron chi connectivity index (χ3n) is 5.59. The Hall–Kier alpha value is -2.25. The number of alkyl halides is 1. The highest BCUT2D eigenvalue weighted by atomic mass is 35.5. The fraction of sp³-hybridized carbons (Fsp3) is 0.600. The van der Waals surface area contributed by atoms with E-state index >= 15 is 0 Å². The summed E-state index contributed by atoms with van der Waals surface area (Å²) in [5, 5.41) is 5.50. The first kappa shape index (κ1) is 28.8. The highest BCUT2D eigenvalue weighted by Gasteiger charge is 2.31. The summed E-state index contributed by atoms with van der Waals surface area (Å²) in [7, 11) is 0. The molecule has 0 bridgehead atoms. The molecule has 0 unspecified atom stereocenters. The van der Waals surface area contributed by atoms with Crippen LogP contribution in [0.3, 0.4) is 0 Å². The summed E-state index contributed by atoms with van der Waals surface area (Å²) in [6, 6.07) is 7.99. The van der Waals surface area contributed by atoms with Crippen molar-refractivity contribution in [3.63, 3.8) is 0 Å². The van der Waals surface area contributed by atoms with Gasteiger partial charge in [0.05, 0.1) is 24.5 Å². The van der Waals surface area contributed by atoms with Gasteiger partial charge in [0.15, 0.2) is 11.6 Å². The second-order valence-corrected chi connectivity index (χ2v) is 8.97. The van der Waals surface area contributed by atoms with Crippen molar-refractivity contribution < 1.29 is 19.2 Å². The smallest absolute Gasteiger partial charge is 0.234 e. The number of carbonyl (C=O) groups excluding carboxylic acids is 4. The van der Waals surface area contributed by atoms with E-state index < -0.39 is 23.9 Å². The van der Waals surface area contributed by atoms with E-state index in [1.54, 1.807) is 0 Å². The van der Waals surface area contributed by atoms with Gasteiger partial charge in [0.25, 0.3) is 0 Å². The Bertz CT molecular complexity index is 770. The zero-order valence-corrected chi connectivity index (χ0v) is 20.7. The quantitative estimate of drug-likeness (QED) is 0.249. The van der Waals surface area contributed by atoms with Crippen molar-refractivity contribution in [1.82, 2.24) is 10.6 Å². The summed E-state index contributed by atoms with van der Waals surface area (Å²) in [5.74, 6) is -2.29. The lowest BCUT2D eigenvalue weighted by Crippen LogP contribution is -2.49. The first-order valence-electron chi connectivity index (χ1n) is 11.7. The molecule has 0 spiro atoms. The Labute approximate surface area is 202 Å². The molecule has 0 saturated carbocycles. The van der Waals surface area contributed by atoms with E-state index in [-0.39, 0.29) is 42.2 Å². The fourth-order valence-corrected chi connectivity index (χ4v) is 3.86. The Morgan fingerprint density at radius 1 is 1.00 bits per heavy atom. The number of halogens is 1. The lowest BCUT2D eigenvalue weighted by Gasteiger charge is -2.25. The highest BCUT2D eigenvalue weighted by Crippen LogP contribution is 2.18. The monoisotopic (exact) mass is 479 g/mol. The molecule has 4 N–H and O–H groups in total. The van der Waals surface area contributed by atoms with Gasteiger partial charge in [0.1, 0.15) is 0 Å². The van der Waals surface area contributed by atoms with Crippen LogP contribution in [0.15, 0.2) is 30.3 Å². The second-order valence-electron chi connectivity index (χ2n) is 8.71. The molecule has 1 aromatic carbocycles. The van der Waals surface area contributed by atoms with Crippen LogP contribution in [0, 0.1) is 11.8 Å². The van der Waals surface area contributed by atoms with Gasteiger partial charge < -0.3 is 16.4 Å². The molecule has 2 amide bonds. The SMILES string of the molecule is CCCCC[C@H](NC(=O)[C@@H](CC(=O)[C@H](NC(=O)CN)C(C)C)Cc1ccccc1)C(=O)CCl. The molecule has 3 atom stereocenters. The van der Waals surface area contributed by atoms with Gasteiger partial charge in [-0.1, -0.05) is 70.4 Å². The number of hydrogen-bond donors (Lipinski definition) is 3. The second kappa shape index (κ2) is 15.6. The first-order chi connectivity index (χ1) is 15.7. The van der Waals surface area contributed by atoms with Crippen molar-refractivity contribution in [3.8, 4) is 0 Å². The lowest BCUT2D eigenvalue weighted by atomic mass is 9.88. The molecule has 8 heteroatoms. The van der Waals surface area contributed by atoms with Crippen LogP contribution in [0.1, 0.15) is 58.4 Å². The molecule has 0 aromatic heterocycles. The number of amides is 2. The summed E-state index contributed by atoms with van der Waals surface area (Å²) in [6.07, 6.45) is 3.53. The van der Waals surface area contributed by atoms with E-state index in [4.69, 9.17) is 17.3 Å². The van der Waals surface area contributed by atoms with E-state index in [1.165, 1.54) is 0 Å². The van der Waals surface area contributed by atoms with E-state index in [0.717, 1.165) is 24.8 Å². The van der Waals surface area contributed by atoms with Crippen molar-refractivity contribution >= 4 is 35.0 Å². The lowest BCUT2D eigenvalue weighted by molar-refractivity contribution is -0.133. The van der Waals surface area contributed by atoms with Crippen molar-refractivity contribution in [2.24, 2.45) is 17.6 Å². The van der Waals surface area contributed by atoms with Crippen LogP contribution >= 0.6 is 11.6 Å². The van der Waals surface area contributed by atoms with Gasteiger partial charge in [-0.05, 0) is 24.3 Å². The van der Waals surface area contributed by atoms with Gasteiger partial charge in [-0.25, -0.2) is 0 Å². The molecule has 0 fully saturated rings. The molecular weight excluding hydrogens is 442 g/mol. The number of hydrogen-bond acceptors (Lipinski definition) is 5. The van der Waals surface area contributed by atoms with Crippen LogP contribution < -0.4 is 16.4 Å². The fourth-order valence-electron chi connectivity index (χ4n) is 3.67. The maximum absolute atomic E-state index is 13.3. The Kier molecular flexibility index (Phi) is 13.6. The standard InChI is InChI=1S/C25H38ClN3O4/c1-4-5-7-12-20(22(31)15-26)28-25(33)19(13-18-10-8-6-9-11-18)14-21(30)24(17(2)3)29-23(32)16-27/h6,8-11,17,19-20,24H,4-5,7,12-16,27H2,1-3H3,(H,28,33)(H,29,32)/t19-,20+,24-/m1/s1. The molecular formula is C25H38ClN3O4. The minimum Gasteiger partial charge on any atom is -0.346 e. The number of ketones is 2. The summed E-state index contributed by atoms with van der Waals surface area (Å²) in [4.78, 5) is 50.5. The van der Waals surface area contributed by atoms with Crippen LogP contribution in [0.2, 0.25) is 0 Å². The Balaban J connectivity index is 3.06. The van der Waals surface area contributed by atoms with Crippen molar-refractivity contribution in [2.45, 2.75) is 71.4 Å². The van der Waals surface area contributed by atoms with E-state index in [1.807, 2.05) is 44.2 Å². The Morgan fingerprint density at radius 3 is 2.21 bits per heavy atom. The molecule has 0 aliphatic rings. The summed E-state index contributed by atoms with van der Waals surface area (Å²) >= 11 is 5.77. The minimum atomic E-state index is -0.739. The number of benzene rings is 1. The van der Waals surface area contributed by atoms with Gasteiger partial charge in [0, 0.05) is 12.3 Å². The predicted molar refractivity (Wildman–Crippen MR) is 131 cm³/mol. The number of Topliss-reactive ketones (excluding diaryl/α,β-unsaturated/α-hetero) is 2. The van der Waals surface area contributed by atoms with Crippen molar-refractivity contribution in [3.05, 3.63) is 35.9 Å². The molecule has 1 rings (SSSR count). The first-order valence-corrected chi connectivity index (χ1v) is 12.2. The molecule has 0 saturated heterocycles. The maximum atomic E-state index is 13.3. The van der Waals surface area contributed by atoms with Gasteiger partial charge in [-0.2, -0.15) is 0 Å². The van der Waals surface area contributed by atoms with Gasteiger partial charge in [0.2, 0.25) is 11.8 Å². The number of nitrogens with two attached hydrogens (primary N) is 1. The van der Waals surface area contributed by atoms with E-state index in [0.29, 0.717) is 12.8 Å². The normalized spacial score (nSPS) is 13.8. The largest absolute Gasteiger partial charge is 0.346 e. The topological polar surface area (TPSA) is 118 Å². The number of unbranched alkanes of at least 4 members (excludes halogenated alkanes) is 2. The summed E-state index contributed by atoms with van der Waals surface area (Å²) in [5.41, 5.74) is 6.29. The average molecular weight is 480 g/mol. The third kappa shape index (κ3) is 10.5. The maximum Gasteiger partial charge on any atom is 0.234 e. The molecule has 1 aromatic rings. The zero-order chi connectivity index (χ0) is 24.8. The molecule has 0 heterocycles.